The molecule has 8 heteroatoms. The number of carbonyl (C=O) groups excluding carboxylic acids is 2. The molecule has 0 unspecified atom stereocenters. The summed E-state index contributed by atoms with van der Waals surface area (Å²) in [5.41, 5.74) is 5.57. The number of amides is 2. The van der Waals surface area contributed by atoms with Gasteiger partial charge in [0.15, 0.2) is 9.84 Å². The van der Waals surface area contributed by atoms with Crippen molar-refractivity contribution in [1.82, 2.24) is 10.9 Å². The Morgan fingerprint density at radius 2 is 1.64 bits per heavy atom. The predicted molar refractivity (Wildman–Crippen MR) is 89.9 cm³/mol. The van der Waals surface area contributed by atoms with Crippen molar-refractivity contribution in [3.63, 3.8) is 0 Å². The molecule has 0 saturated carbocycles. The summed E-state index contributed by atoms with van der Waals surface area (Å²) in [5.74, 6) is -2.14. The molecule has 0 heterocycles. The van der Waals surface area contributed by atoms with Gasteiger partial charge in [0.2, 0.25) is 5.91 Å². The lowest BCUT2D eigenvalue weighted by Crippen LogP contribution is -2.42. The topological polar surface area (TPSA) is 92.3 Å². The van der Waals surface area contributed by atoms with E-state index in [0.717, 1.165) is 29.8 Å². The number of rotatable bonds is 5. The first-order valence-electron chi connectivity index (χ1n) is 7.43. The van der Waals surface area contributed by atoms with Crippen molar-refractivity contribution < 1.29 is 22.4 Å². The van der Waals surface area contributed by atoms with Gasteiger partial charge in [-0.25, -0.2) is 12.8 Å². The fourth-order valence-corrected chi connectivity index (χ4v) is 3.31. The van der Waals surface area contributed by atoms with E-state index in [9.17, 15) is 22.4 Å². The molecule has 25 heavy (non-hydrogen) atoms. The molecular formula is C17H17FN2O4S. The van der Waals surface area contributed by atoms with Gasteiger partial charge >= 0.3 is 0 Å². The van der Waals surface area contributed by atoms with Crippen LogP contribution in [-0.4, -0.2) is 26.0 Å². The average Bonchev–Trinajstić information content (AvgIpc) is 2.59. The first kappa shape index (κ1) is 18.6. The lowest BCUT2D eigenvalue weighted by Gasteiger charge is -2.09. The normalized spacial score (nSPS) is 11.0. The first-order valence-corrected chi connectivity index (χ1v) is 9.08. The van der Waals surface area contributed by atoms with Crippen molar-refractivity contribution in [3.05, 3.63) is 65.5 Å². The van der Waals surface area contributed by atoms with Crippen LogP contribution >= 0.6 is 0 Å². The van der Waals surface area contributed by atoms with Crippen LogP contribution in [0, 0.1) is 12.7 Å². The number of benzene rings is 2. The molecule has 0 aliphatic carbocycles. The van der Waals surface area contributed by atoms with E-state index >= 15 is 0 Å². The maximum atomic E-state index is 12.8. The molecule has 0 fully saturated rings. The number of aryl methyl sites for hydroxylation is 1. The van der Waals surface area contributed by atoms with Crippen LogP contribution in [0.5, 0.6) is 0 Å². The molecule has 132 valence electrons. The Hall–Kier alpha value is -2.74. The third-order valence-electron chi connectivity index (χ3n) is 3.48. The molecule has 0 aliphatic heterocycles. The van der Waals surface area contributed by atoms with Gasteiger partial charge in [0.05, 0.1) is 10.6 Å². The van der Waals surface area contributed by atoms with Crippen LogP contribution in [0.1, 0.15) is 22.3 Å². The number of halogens is 1. The largest absolute Gasteiger partial charge is 0.273 e. The van der Waals surface area contributed by atoms with Crippen LogP contribution in [0.25, 0.3) is 0 Å². The minimum atomic E-state index is -3.71. The molecule has 0 aliphatic rings. The van der Waals surface area contributed by atoms with E-state index in [1.165, 1.54) is 0 Å². The van der Waals surface area contributed by atoms with E-state index < -0.39 is 33.2 Å². The number of hydrogen-bond donors (Lipinski definition) is 2. The monoisotopic (exact) mass is 364 g/mol. The molecule has 2 aromatic carbocycles. The summed E-state index contributed by atoms with van der Waals surface area (Å²) in [6.07, 6.45) is -0.340. The van der Waals surface area contributed by atoms with Crippen molar-refractivity contribution in [2.75, 3.05) is 5.75 Å². The first-order chi connectivity index (χ1) is 11.8. The molecule has 2 rings (SSSR count). The number of carbonyl (C=O) groups is 2. The summed E-state index contributed by atoms with van der Waals surface area (Å²) in [5, 5.41) is 0. The SMILES string of the molecule is Cc1ccccc1C(=O)NNC(=O)CCS(=O)(=O)c1ccc(F)cc1. The number of hydrazine groups is 1. The quantitative estimate of drug-likeness (QED) is 0.625. The fourth-order valence-electron chi connectivity index (χ4n) is 2.07. The molecule has 2 amide bonds. The fraction of sp³-hybridized carbons (Fsp3) is 0.176. The lowest BCUT2D eigenvalue weighted by molar-refractivity contribution is -0.121. The van der Waals surface area contributed by atoms with Gasteiger partial charge in [-0.2, -0.15) is 0 Å². The van der Waals surface area contributed by atoms with Gasteiger partial charge in [0.25, 0.3) is 5.91 Å². The van der Waals surface area contributed by atoms with Crippen LogP contribution in [0.2, 0.25) is 0 Å². The van der Waals surface area contributed by atoms with Gasteiger partial charge in [0.1, 0.15) is 5.82 Å². The van der Waals surface area contributed by atoms with Crippen LogP contribution in [0.15, 0.2) is 53.4 Å². The van der Waals surface area contributed by atoms with Gasteiger partial charge in [-0.3, -0.25) is 20.4 Å². The van der Waals surface area contributed by atoms with Gasteiger partial charge < -0.3 is 0 Å². The van der Waals surface area contributed by atoms with Crippen LogP contribution < -0.4 is 10.9 Å². The number of hydrogen-bond acceptors (Lipinski definition) is 4. The Morgan fingerprint density at radius 1 is 1.00 bits per heavy atom. The lowest BCUT2D eigenvalue weighted by atomic mass is 10.1. The Bertz CT molecular complexity index is 880. The molecule has 0 bridgehead atoms. The summed E-state index contributed by atoms with van der Waals surface area (Å²) < 4.78 is 37.0. The molecule has 0 aromatic heterocycles. The summed E-state index contributed by atoms with van der Waals surface area (Å²) in [7, 11) is -3.71. The summed E-state index contributed by atoms with van der Waals surface area (Å²) >= 11 is 0. The zero-order chi connectivity index (χ0) is 18.4. The minimum absolute atomic E-state index is 0.0642. The summed E-state index contributed by atoms with van der Waals surface area (Å²) in [6, 6.07) is 11.2. The highest BCUT2D eigenvalue weighted by Gasteiger charge is 2.17. The summed E-state index contributed by atoms with van der Waals surface area (Å²) in [6.45, 7) is 1.76. The highest BCUT2D eigenvalue weighted by atomic mass is 32.2. The second-order valence-corrected chi connectivity index (χ2v) is 7.45. The maximum Gasteiger partial charge on any atom is 0.269 e. The van der Waals surface area contributed by atoms with Crippen molar-refractivity contribution in [2.45, 2.75) is 18.2 Å². The van der Waals surface area contributed by atoms with Crippen LogP contribution in [-0.2, 0) is 14.6 Å². The molecule has 0 atom stereocenters. The van der Waals surface area contributed by atoms with Crippen molar-refractivity contribution >= 4 is 21.7 Å². The minimum Gasteiger partial charge on any atom is -0.273 e. The molecule has 0 radical (unpaired) electrons. The molecule has 6 nitrogen and oxygen atoms in total. The van der Waals surface area contributed by atoms with E-state index in [-0.39, 0.29) is 11.3 Å². The Kier molecular flexibility index (Phi) is 5.87. The molecule has 2 N–H and O–H groups in total. The second kappa shape index (κ2) is 7.89. The van der Waals surface area contributed by atoms with Gasteiger partial charge in [-0.1, -0.05) is 18.2 Å². The Balaban J connectivity index is 1.87. The second-order valence-electron chi connectivity index (χ2n) is 5.34. The molecular weight excluding hydrogens is 347 g/mol. The number of nitrogens with one attached hydrogen (secondary N) is 2. The average molecular weight is 364 g/mol. The van der Waals surface area contributed by atoms with E-state index in [0.29, 0.717) is 5.56 Å². The van der Waals surface area contributed by atoms with Gasteiger partial charge in [0, 0.05) is 12.0 Å². The Labute approximate surface area is 144 Å². The van der Waals surface area contributed by atoms with Gasteiger partial charge in [-0.05, 0) is 42.8 Å². The van der Waals surface area contributed by atoms with E-state index in [1.807, 2.05) is 0 Å². The van der Waals surface area contributed by atoms with Crippen LogP contribution in [0.4, 0.5) is 4.39 Å². The maximum absolute atomic E-state index is 12.8. The predicted octanol–water partition coefficient (Wildman–Crippen LogP) is 1.76. The summed E-state index contributed by atoms with van der Waals surface area (Å²) in [4.78, 5) is 23.6. The van der Waals surface area contributed by atoms with Crippen molar-refractivity contribution in [3.8, 4) is 0 Å². The van der Waals surface area contributed by atoms with E-state index in [1.54, 1.807) is 31.2 Å². The third kappa shape index (κ3) is 5.12. The van der Waals surface area contributed by atoms with Crippen molar-refractivity contribution in [2.24, 2.45) is 0 Å². The van der Waals surface area contributed by atoms with E-state index in [2.05, 4.69) is 10.9 Å². The Morgan fingerprint density at radius 3 is 2.28 bits per heavy atom. The smallest absolute Gasteiger partial charge is 0.269 e. The molecule has 0 spiro atoms. The third-order valence-corrected chi connectivity index (χ3v) is 5.21. The standard InChI is InChI=1S/C17H17FN2O4S/c1-12-4-2-3-5-15(12)17(22)20-19-16(21)10-11-25(23,24)14-8-6-13(18)7-9-14/h2-9H,10-11H2,1H3,(H,19,21)(H,20,22). The molecule has 0 saturated heterocycles. The highest BCUT2D eigenvalue weighted by Crippen LogP contribution is 2.12. The van der Waals surface area contributed by atoms with Gasteiger partial charge in [-0.15, -0.1) is 0 Å². The van der Waals surface area contributed by atoms with Crippen LogP contribution in [0.3, 0.4) is 0 Å². The zero-order valence-corrected chi connectivity index (χ0v) is 14.3. The highest BCUT2D eigenvalue weighted by molar-refractivity contribution is 7.91. The molecule has 2 aromatic rings. The van der Waals surface area contributed by atoms with E-state index in [4.69, 9.17) is 0 Å². The number of sulfone groups is 1. The van der Waals surface area contributed by atoms with Crippen molar-refractivity contribution in [1.29, 1.82) is 0 Å². The zero-order valence-electron chi connectivity index (χ0n) is 13.5.